The van der Waals surface area contributed by atoms with E-state index >= 15 is 0 Å². The molecule has 0 fully saturated rings. The van der Waals surface area contributed by atoms with Crippen LogP contribution in [0.15, 0.2) is 0 Å². The maximum Gasteiger partial charge on any atom is 0.389 e. The largest absolute Gasteiger partial charge is 0.389 e. The molecule has 112 valence electrons. The van der Waals surface area contributed by atoms with Gasteiger partial charge in [0, 0.05) is 18.3 Å². The highest BCUT2D eigenvalue weighted by atomic mass is 32.1. The van der Waals surface area contributed by atoms with E-state index in [9.17, 15) is 18.0 Å². The number of halogens is 3. The minimum atomic E-state index is -4.28. The predicted molar refractivity (Wildman–Crippen MR) is 70.5 cm³/mol. The summed E-state index contributed by atoms with van der Waals surface area (Å²) in [5.74, 6) is -0.490. The highest BCUT2D eigenvalue weighted by Crippen LogP contribution is 2.27. The summed E-state index contributed by atoms with van der Waals surface area (Å²) in [4.78, 5) is 18.7. The standard InChI is InChI=1S/C13H17F3N2OS/c1-18(12(19)6-7-13(14,15)16)8-11-17-9-4-2-3-5-10(9)20-11/h2-8H2,1H3. The van der Waals surface area contributed by atoms with Gasteiger partial charge in [-0.1, -0.05) is 0 Å². The molecule has 0 unspecified atom stereocenters. The summed E-state index contributed by atoms with van der Waals surface area (Å²) >= 11 is 1.58. The Hall–Kier alpha value is -1.11. The van der Waals surface area contributed by atoms with Crippen molar-refractivity contribution in [2.45, 2.75) is 51.2 Å². The lowest BCUT2D eigenvalue weighted by Gasteiger charge is -2.16. The van der Waals surface area contributed by atoms with Gasteiger partial charge in [0.2, 0.25) is 5.91 Å². The van der Waals surface area contributed by atoms with E-state index in [1.54, 1.807) is 11.3 Å². The average Bonchev–Trinajstić information content (AvgIpc) is 2.76. The number of fused-ring (bicyclic) bond motifs is 1. The first-order chi connectivity index (χ1) is 9.35. The summed E-state index contributed by atoms with van der Waals surface area (Å²) in [6.45, 7) is 0.300. The molecular formula is C13H17F3N2OS. The molecule has 1 aromatic heterocycles. The van der Waals surface area contributed by atoms with Crippen LogP contribution in [-0.4, -0.2) is 29.0 Å². The summed E-state index contributed by atoms with van der Waals surface area (Å²) in [6, 6.07) is 0. The molecule has 0 saturated carbocycles. The van der Waals surface area contributed by atoms with Gasteiger partial charge in [-0.3, -0.25) is 4.79 Å². The van der Waals surface area contributed by atoms with E-state index in [-0.39, 0.29) is 0 Å². The molecule has 0 saturated heterocycles. The molecule has 0 radical (unpaired) electrons. The van der Waals surface area contributed by atoms with Gasteiger partial charge in [-0.25, -0.2) is 4.98 Å². The quantitative estimate of drug-likeness (QED) is 0.855. The molecule has 1 aliphatic rings. The van der Waals surface area contributed by atoms with Gasteiger partial charge >= 0.3 is 6.18 Å². The van der Waals surface area contributed by atoms with E-state index < -0.39 is 24.9 Å². The molecule has 0 aliphatic heterocycles. The summed E-state index contributed by atoms with van der Waals surface area (Å²) in [6.07, 6.45) is -1.55. The monoisotopic (exact) mass is 306 g/mol. The number of hydrogen-bond donors (Lipinski definition) is 0. The normalized spacial score (nSPS) is 15.0. The van der Waals surface area contributed by atoms with Crippen LogP contribution in [0.2, 0.25) is 0 Å². The van der Waals surface area contributed by atoms with Crippen LogP contribution >= 0.6 is 11.3 Å². The van der Waals surface area contributed by atoms with Crippen molar-refractivity contribution >= 4 is 17.2 Å². The molecule has 2 rings (SSSR count). The van der Waals surface area contributed by atoms with Crippen molar-refractivity contribution in [1.82, 2.24) is 9.88 Å². The fourth-order valence-electron chi connectivity index (χ4n) is 2.20. The first-order valence-electron chi connectivity index (χ1n) is 6.63. The Balaban J connectivity index is 1.89. The molecule has 3 nitrogen and oxygen atoms in total. The van der Waals surface area contributed by atoms with Crippen LogP contribution in [0.3, 0.4) is 0 Å². The molecule has 7 heteroatoms. The number of carbonyl (C=O) groups excluding carboxylic acids is 1. The number of alkyl halides is 3. The minimum Gasteiger partial charge on any atom is -0.339 e. The van der Waals surface area contributed by atoms with Crippen molar-refractivity contribution in [2.75, 3.05) is 7.05 Å². The zero-order valence-corrected chi connectivity index (χ0v) is 12.1. The Morgan fingerprint density at radius 3 is 2.70 bits per heavy atom. The molecule has 0 atom stereocenters. The van der Waals surface area contributed by atoms with Gasteiger partial charge in [0.25, 0.3) is 0 Å². The fourth-order valence-corrected chi connectivity index (χ4v) is 3.41. The van der Waals surface area contributed by atoms with Crippen LogP contribution < -0.4 is 0 Å². The van der Waals surface area contributed by atoms with Crippen LogP contribution in [0.1, 0.15) is 41.3 Å². The SMILES string of the molecule is CN(Cc1nc2c(s1)CCCC2)C(=O)CCC(F)(F)F. The highest BCUT2D eigenvalue weighted by Gasteiger charge is 2.28. The number of hydrogen-bond acceptors (Lipinski definition) is 3. The van der Waals surface area contributed by atoms with Crippen molar-refractivity contribution in [2.24, 2.45) is 0 Å². The zero-order valence-electron chi connectivity index (χ0n) is 11.3. The lowest BCUT2D eigenvalue weighted by Crippen LogP contribution is -2.27. The van der Waals surface area contributed by atoms with Gasteiger partial charge in [-0.15, -0.1) is 11.3 Å². The van der Waals surface area contributed by atoms with E-state index in [0.29, 0.717) is 6.54 Å². The fraction of sp³-hybridized carbons (Fsp3) is 0.692. The van der Waals surface area contributed by atoms with E-state index in [1.165, 1.54) is 16.8 Å². The van der Waals surface area contributed by atoms with Gasteiger partial charge in [0.05, 0.1) is 18.7 Å². The first-order valence-corrected chi connectivity index (χ1v) is 7.45. The molecule has 0 bridgehead atoms. The number of nitrogens with zero attached hydrogens (tertiary/aromatic N) is 2. The van der Waals surface area contributed by atoms with Crippen molar-refractivity contribution in [1.29, 1.82) is 0 Å². The smallest absolute Gasteiger partial charge is 0.339 e. The second-order valence-electron chi connectivity index (χ2n) is 5.05. The maximum absolute atomic E-state index is 12.1. The summed E-state index contributed by atoms with van der Waals surface area (Å²) in [5, 5.41) is 0.819. The Morgan fingerprint density at radius 2 is 2.05 bits per heavy atom. The number of aromatic nitrogens is 1. The number of amides is 1. The third-order valence-corrected chi connectivity index (χ3v) is 4.45. The summed E-state index contributed by atoms with van der Waals surface area (Å²) < 4.78 is 36.2. The van der Waals surface area contributed by atoms with Crippen molar-refractivity contribution in [3.05, 3.63) is 15.6 Å². The molecule has 1 heterocycles. The molecule has 0 aromatic carbocycles. The number of thiazole rings is 1. The second-order valence-corrected chi connectivity index (χ2v) is 6.22. The van der Waals surface area contributed by atoms with Crippen molar-refractivity contribution < 1.29 is 18.0 Å². The van der Waals surface area contributed by atoms with E-state index in [4.69, 9.17) is 0 Å². The van der Waals surface area contributed by atoms with E-state index in [2.05, 4.69) is 4.98 Å². The van der Waals surface area contributed by atoms with Gasteiger partial charge in [-0.2, -0.15) is 13.2 Å². The van der Waals surface area contributed by atoms with E-state index in [1.807, 2.05) is 0 Å². The zero-order chi connectivity index (χ0) is 14.8. The van der Waals surface area contributed by atoms with Crippen LogP contribution in [0.4, 0.5) is 13.2 Å². The Labute approximate surface area is 119 Å². The highest BCUT2D eigenvalue weighted by molar-refractivity contribution is 7.11. The number of carbonyl (C=O) groups is 1. The molecule has 0 spiro atoms. The van der Waals surface area contributed by atoms with Gasteiger partial charge in [0.15, 0.2) is 0 Å². The Kier molecular flexibility index (Phi) is 4.67. The molecular weight excluding hydrogens is 289 g/mol. The third kappa shape index (κ3) is 4.19. The van der Waals surface area contributed by atoms with Crippen molar-refractivity contribution in [3.8, 4) is 0 Å². The maximum atomic E-state index is 12.1. The van der Waals surface area contributed by atoms with Crippen LogP contribution in [0, 0.1) is 0 Å². The molecule has 1 amide bonds. The summed E-state index contributed by atoms with van der Waals surface area (Å²) in [5.41, 5.74) is 1.10. The van der Waals surface area contributed by atoms with E-state index in [0.717, 1.165) is 36.4 Å². The second kappa shape index (κ2) is 6.11. The number of rotatable bonds is 4. The number of aryl methyl sites for hydroxylation is 2. The lowest BCUT2D eigenvalue weighted by atomic mass is 10.0. The topological polar surface area (TPSA) is 33.2 Å². The van der Waals surface area contributed by atoms with Gasteiger partial charge in [0.1, 0.15) is 5.01 Å². The predicted octanol–water partition coefficient (Wildman–Crippen LogP) is 3.32. The third-order valence-electron chi connectivity index (χ3n) is 3.31. The lowest BCUT2D eigenvalue weighted by molar-refractivity contribution is -0.148. The molecule has 1 aromatic rings. The Bertz CT molecular complexity index is 461. The summed E-state index contributed by atoms with van der Waals surface area (Å²) in [7, 11) is 1.53. The van der Waals surface area contributed by atoms with Gasteiger partial charge < -0.3 is 4.90 Å². The Morgan fingerprint density at radius 1 is 1.35 bits per heavy atom. The van der Waals surface area contributed by atoms with Crippen LogP contribution in [-0.2, 0) is 24.2 Å². The van der Waals surface area contributed by atoms with Crippen molar-refractivity contribution in [3.63, 3.8) is 0 Å². The van der Waals surface area contributed by atoms with Crippen LogP contribution in [0.5, 0.6) is 0 Å². The average molecular weight is 306 g/mol. The molecule has 1 aliphatic carbocycles. The van der Waals surface area contributed by atoms with Crippen LogP contribution in [0.25, 0.3) is 0 Å². The first kappa shape index (κ1) is 15.3. The molecule has 0 N–H and O–H groups in total. The molecule has 20 heavy (non-hydrogen) atoms. The van der Waals surface area contributed by atoms with Gasteiger partial charge in [-0.05, 0) is 25.7 Å². The minimum absolute atomic E-state index is 0.300.